The van der Waals surface area contributed by atoms with Crippen molar-refractivity contribution >= 4 is 57.8 Å². The van der Waals surface area contributed by atoms with E-state index in [-0.39, 0.29) is 16.8 Å². The van der Waals surface area contributed by atoms with Gasteiger partial charge in [0.15, 0.2) is 16.6 Å². The minimum Gasteiger partial charge on any atom is -0.490 e. The van der Waals surface area contributed by atoms with Crippen molar-refractivity contribution in [2.45, 2.75) is 26.9 Å². The van der Waals surface area contributed by atoms with Crippen molar-refractivity contribution in [3.63, 3.8) is 0 Å². The molecule has 0 radical (unpaired) electrons. The first kappa shape index (κ1) is 18.7. The van der Waals surface area contributed by atoms with Crippen LogP contribution in [-0.2, 0) is 9.59 Å². The minimum absolute atomic E-state index is 0.00200. The molecule has 2 amide bonds. The lowest BCUT2D eigenvalue weighted by Crippen LogP contribution is -2.51. The van der Waals surface area contributed by atoms with Crippen molar-refractivity contribution in [2.75, 3.05) is 6.61 Å². The molecule has 1 aliphatic heterocycles. The number of amides is 2. The van der Waals surface area contributed by atoms with E-state index < -0.39 is 11.8 Å². The Kier molecular flexibility index (Phi) is 6.16. The summed E-state index contributed by atoms with van der Waals surface area (Å²) in [5.41, 5.74) is 0.645. The van der Waals surface area contributed by atoms with Crippen LogP contribution in [0, 0.1) is 3.57 Å². The maximum Gasteiger partial charge on any atom is 0.263 e. The predicted octanol–water partition coefficient (Wildman–Crippen LogP) is 2.39. The van der Waals surface area contributed by atoms with Gasteiger partial charge in [-0.25, -0.2) is 0 Å². The van der Waals surface area contributed by atoms with Crippen LogP contribution in [0.15, 0.2) is 17.7 Å². The Labute approximate surface area is 159 Å². The summed E-state index contributed by atoms with van der Waals surface area (Å²) in [6, 6.07) is 3.56. The Morgan fingerprint density at radius 2 is 1.88 bits per heavy atom. The second kappa shape index (κ2) is 7.93. The monoisotopic (exact) mass is 460 g/mol. The number of rotatable bonds is 5. The van der Waals surface area contributed by atoms with Gasteiger partial charge in [-0.2, -0.15) is 0 Å². The molecular formula is C16H17IN2O4S. The van der Waals surface area contributed by atoms with Crippen molar-refractivity contribution in [2.24, 2.45) is 0 Å². The van der Waals surface area contributed by atoms with Gasteiger partial charge in [-0.15, -0.1) is 0 Å². The van der Waals surface area contributed by atoms with E-state index in [4.69, 9.17) is 21.7 Å². The maximum atomic E-state index is 11.9. The topological polar surface area (TPSA) is 76.7 Å². The van der Waals surface area contributed by atoms with Crippen LogP contribution in [0.3, 0.4) is 0 Å². The fourth-order valence-electron chi connectivity index (χ4n) is 2.06. The van der Waals surface area contributed by atoms with Gasteiger partial charge >= 0.3 is 0 Å². The number of ether oxygens (including phenoxy) is 2. The van der Waals surface area contributed by atoms with Crippen LogP contribution >= 0.6 is 34.8 Å². The lowest BCUT2D eigenvalue weighted by atomic mass is 10.1. The smallest absolute Gasteiger partial charge is 0.263 e. The summed E-state index contributed by atoms with van der Waals surface area (Å²) in [6.45, 7) is 6.21. The van der Waals surface area contributed by atoms with Crippen molar-refractivity contribution in [1.82, 2.24) is 10.6 Å². The van der Waals surface area contributed by atoms with Crippen LogP contribution in [0.25, 0.3) is 6.08 Å². The molecule has 8 heteroatoms. The van der Waals surface area contributed by atoms with Gasteiger partial charge in [-0.1, -0.05) is 0 Å². The van der Waals surface area contributed by atoms with Gasteiger partial charge in [0.05, 0.1) is 16.3 Å². The van der Waals surface area contributed by atoms with Gasteiger partial charge in [0.2, 0.25) is 0 Å². The Morgan fingerprint density at radius 3 is 2.42 bits per heavy atom. The molecule has 1 aromatic carbocycles. The van der Waals surface area contributed by atoms with Gasteiger partial charge < -0.3 is 9.47 Å². The number of benzene rings is 1. The summed E-state index contributed by atoms with van der Waals surface area (Å²) in [5, 5.41) is 4.82. The molecule has 0 saturated carbocycles. The van der Waals surface area contributed by atoms with Gasteiger partial charge in [0.1, 0.15) is 5.57 Å². The number of halogens is 1. The molecule has 1 aromatic rings. The molecule has 0 bridgehead atoms. The molecule has 1 fully saturated rings. The molecule has 0 atom stereocenters. The van der Waals surface area contributed by atoms with Crippen LogP contribution in [0.4, 0.5) is 0 Å². The zero-order valence-corrected chi connectivity index (χ0v) is 16.4. The van der Waals surface area contributed by atoms with Crippen LogP contribution in [-0.4, -0.2) is 29.6 Å². The van der Waals surface area contributed by atoms with Crippen molar-refractivity contribution in [3.05, 3.63) is 26.8 Å². The van der Waals surface area contributed by atoms with Gasteiger partial charge in [0, 0.05) is 0 Å². The summed E-state index contributed by atoms with van der Waals surface area (Å²) in [4.78, 5) is 23.9. The van der Waals surface area contributed by atoms with Crippen molar-refractivity contribution in [3.8, 4) is 11.5 Å². The first-order valence-electron chi connectivity index (χ1n) is 7.33. The fraction of sp³-hybridized carbons (Fsp3) is 0.312. The molecule has 0 spiro atoms. The minimum atomic E-state index is -0.528. The molecule has 1 aliphatic rings. The second-order valence-corrected chi connectivity index (χ2v) is 6.80. The van der Waals surface area contributed by atoms with E-state index in [0.29, 0.717) is 23.7 Å². The highest BCUT2D eigenvalue weighted by molar-refractivity contribution is 14.1. The van der Waals surface area contributed by atoms with E-state index in [1.54, 1.807) is 6.07 Å². The van der Waals surface area contributed by atoms with E-state index in [0.717, 1.165) is 3.57 Å². The van der Waals surface area contributed by atoms with Gasteiger partial charge in [0.25, 0.3) is 11.8 Å². The molecule has 0 aromatic heterocycles. The first-order chi connectivity index (χ1) is 11.3. The molecule has 2 N–H and O–H groups in total. The summed E-state index contributed by atoms with van der Waals surface area (Å²) in [5.74, 6) is 0.156. The normalized spacial score (nSPS) is 14.4. The molecule has 0 aliphatic carbocycles. The van der Waals surface area contributed by atoms with E-state index >= 15 is 0 Å². The van der Waals surface area contributed by atoms with Crippen LogP contribution in [0.1, 0.15) is 26.3 Å². The lowest BCUT2D eigenvalue weighted by molar-refractivity contribution is -0.123. The highest BCUT2D eigenvalue weighted by Gasteiger charge is 2.26. The molecular weight excluding hydrogens is 443 g/mol. The average Bonchev–Trinajstić information content (AvgIpc) is 2.46. The quantitative estimate of drug-likeness (QED) is 0.306. The molecule has 1 saturated heterocycles. The molecule has 0 unspecified atom stereocenters. The van der Waals surface area contributed by atoms with E-state index in [2.05, 4.69) is 33.2 Å². The maximum absolute atomic E-state index is 11.9. The lowest BCUT2D eigenvalue weighted by Gasteiger charge is -2.18. The van der Waals surface area contributed by atoms with Crippen molar-refractivity contribution < 1.29 is 19.1 Å². The largest absolute Gasteiger partial charge is 0.490 e. The molecule has 6 nitrogen and oxygen atoms in total. The van der Waals surface area contributed by atoms with E-state index in [1.165, 1.54) is 6.08 Å². The zero-order valence-electron chi connectivity index (χ0n) is 13.4. The molecule has 2 rings (SSSR count). The second-order valence-electron chi connectivity index (χ2n) is 5.22. The Bertz CT molecular complexity index is 709. The average molecular weight is 460 g/mol. The molecule has 24 heavy (non-hydrogen) atoms. The number of hydrogen-bond acceptors (Lipinski definition) is 5. The summed E-state index contributed by atoms with van der Waals surface area (Å²) in [6.07, 6.45) is 1.49. The molecule has 128 valence electrons. The SMILES string of the molecule is CCOc1cc(C=C2C(=O)NC(=S)NC2=O)cc(I)c1OC(C)C. The Hall–Kier alpha value is -1.68. The summed E-state index contributed by atoms with van der Waals surface area (Å²) < 4.78 is 12.3. The van der Waals surface area contributed by atoms with Crippen LogP contribution in [0.2, 0.25) is 0 Å². The number of carbonyl (C=O) groups excluding carboxylic acids is 2. The predicted molar refractivity (Wildman–Crippen MR) is 103 cm³/mol. The van der Waals surface area contributed by atoms with Gasteiger partial charge in [-0.3, -0.25) is 20.2 Å². The summed E-state index contributed by atoms with van der Waals surface area (Å²) >= 11 is 6.92. The van der Waals surface area contributed by atoms with Crippen molar-refractivity contribution in [1.29, 1.82) is 0 Å². The van der Waals surface area contributed by atoms with E-state index in [9.17, 15) is 9.59 Å². The third-order valence-electron chi connectivity index (χ3n) is 2.94. The Morgan fingerprint density at radius 1 is 1.25 bits per heavy atom. The van der Waals surface area contributed by atoms with Crippen LogP contribution < -0.4 is 20.1 Å². The Balaban J connectivity index is 2.44. The third kappa shape index (κ3) is 4.44. The fourth-order valence-corrected chi connectivity index (χ4v) is 3.00. The molecule has 1 heterocycles. The number of nitrogens with one attached hydrogen (secondary N) is 2. The number of thiocarbonyl (C=S) groups is 1. The van der Waals surface area contributed by atoms with Gasteiger partial charge in [-0.05, 0) is 79.4 Å². The third-order valence-corrected chi connectivity index (χ3v) is 3.95. The standard InChI is InChI=1S/C16H17IN2O4S/c1-4-22-12-7-9(6-11(17)13(12)23-8(2)3)5-10-14(20)18-16(24)19-15(10)21/h5-8H,4H2,1-3H3,(H2,18,19,20,21,24). The van der Waals surface area contributed by atoms with E-state index in [1.807, 2.05) is 26.8 Å². The highest BCUT2D eigenvalue weighted by atomic mass is 127. The number of hydrogen-bond donors (Lipinski definition) is 2. The highest BCUT2D eigenvalue weighted by Crippen LogP contribution is 2.35. The first-order valence-corrected chi connectivity index (χ1v) is 8.81. The van der Waals surface area contributed by atoms with Crippen LogP contribution in [0.5, 0.6) is 11.5 Å². The zero-order chi connectivity index (χ0) is 17.9. The summed E-state index contributed by atoms with van der Waals surface area (Å²) in [7, 11) is 0. The number of carbonyl (C=O) groups is 2.